The van der Waals surface area contributed by atoms with E-state index in [1.807, 2.05) is 27.7 Å². The van der Waals surface area contributed by atoms with Crippen molar-refractivity contribution in [3.05, 3.63) is 40.6 Å². The van der Waals surface area contributed by atoms with E-state index in [-0.39, 0.29) is 11.0 Å². The van der Waals surface area contributed by atoms with Crippen molar-refractivity contribution < 1.29 is 13.7 Å². The third-order valence-electron chi connectivity index (χ3n) is 4.40. The molecule has 4 nitrogen and oxygen atoms in total. The molecule has 1 aliphatic heterocycles. The van der Waals surface area contributed by atoms with Crippen molar-refractivity contribution in [1.82, 2.24) is 4.98 Å². The zero-order chi connectivity index (χ0) is 15.4. The summed E-state index contributed by atoms with van der Waals surface area (Å²) in [6.07, 6.45) is 1.50. The predicted molar refractivity (Wildman–Crippen MR) is 80.2 cm³/mol. The molecule has 0 unspecified atom stereocenters. The lowest BCUT2D eigenvalue weighted by atomic mass is 9.78. The van der Waals surface area contributed by atoms with Gasteiger partial charge in [0.05, 0.1) is 11.2 Å². The highest BCUT2D eigenvalue weighted by Crippen LogP contribution is 2.36. The molecule has 0 atom stereocenters. The third kappa shape index (κ3) is 2.19. The van der Waals surface area contributed by atoms with Gasteiger partial charge in [-0.05, 0) is 51.3 Å². The van der Waals surface area contributed by atoms with Crippen LogP contribution < -0.4 is 11.0 Å². The Morgan fingerprint density at radius 1 is 1.14 bits per heavy atom. The number of hydrogen-bond acceptors (Lipinski definition) is 3. The summed E-state index contributed by atoms with van der Waals surface area (Å²) in [5, 5.41) is 0.972. The van der Waals surface area contributed by atoms with Crippen LogP contribution in [0.15, 0.2) is 29.2 Å². The summed E-state index contributed by atoms with van der Waals surface area (Å²) in [4.78, 5) is 14.4. The lowest BCUT2D eigenvalue weighted by molar-refractivity contribution is 0.00578. The quantitative estimate of drug-likeness (QED) is 0.817. The summed E-state index contributed by atoms with van der Waals surface area (Å²) < 4.78 is 26.0. The molecule has 1 aromatic carbocycles. The molecule has 3 rings (SSSR count). The molecule has 0 saturated carbocycles. The van der Waals surface area contributed by atoms with Gasteiger partial charge in [-0.2, -0.15) is 0 Å². The molecule has 2 aromatic rings. The lowest BCUT2D eigenvalue weighted by Gasteiger charge is -2.32. The Balaban J connectivity index is 2.12. The molecular weight excluding hydrogens is 272 g/mol. The molecule has 0 spiro atoms. The molecule has 0 radical (unpaired) electrons. The second-order valence-electron chi connectivity index (χ2n) is 6.36. The molecule has 21 heavy (non-hydrogen) atoms. The number of benzene rings is 1. The van der Waals surface area contributed by atoms with Crippen molar-refractivity contribution in [1.29, 1.82) is 0 Å². The van der Waals surface area contributed by atoms with Gasteiger partial charge in [-0.25, -0.2) is 4.39 Å². The van der Waals surface area contributed by atoms with Crippen LogP contribution in [0.25, 0.3) is 10.8 Å². The van der Waals surface area contributed by atoms with Crippen LogP contribution in [0.5, 0.6) is 0 Å². The fourth-order valence-electron chi connectivity index (χ4n) is 2.38. The standard InChI is InChI=1S/C15H17BFNO3/c1-14(2)15(3,4)21-16(20-14)11-8-10-9(7-12(11)17)5-6-18-13(10)19/h5-8H,1-4H3,(H,18,19). The van der Waals surface area contributed by atoms with Crippen molar-refractivity contribution >= 4 is 23.4 Å². The number of fused-ring (bicyclic) bond motifs is 1. The normalized spacial score (nSPS) is 20.1. The van der Waals surface area contributed by atoms with Crippen molar-refractivity contribution in [3.63, 3.8) is 0 Å². The van der Waals surface area contributed by atoms with Gasteiger partial charge in [0.15, 0.2) is 0 Å². The Morgan fingerprint density at radius 2 is 1.76 bits per heavy atom. The van der Waals surface area contributed by atoms with E-state index >= 15 is 0 Å². The first-order valence-electron chi connectivity index (χ1n) is 6.88. The van der Waals surface area contributed by atoms with Crippen LogP contribution in [-0.2, 0) is 9.31 Å². The summed E-state index contributed by atoms with van der Waals surface area (Å²) in [5.74, 6) is -0.438. The molecule has 1 N–H and O–H groups in total. The minimum Gasteiger partial charge on any atom is -0.399 e. The van der Waals surface area contributed by atoms with Crippen molar-refractivity contribution in [3.8, 4) is 0 Å². The Labute approximate surface area is 122 Å². The van der Waals surface area contributed by atoms with Gasteiger partial charge in [0.25, 0.3) is 5.56 Å². The number of nitrogens with one attached hydrogen (secondary N) is 1. The van der Waals surface area contributed by atoms with Crippen LogP contribution in [0, 0.1) is 5.82 Å². The van der Waals surface area contributed by atoms with Crippen molar-refractivity contribution in [2.45, 2.75) is 38.9 Å². The molecular formula is C15H17BFNO3. The van der Waals surface area contributed by atoms with E-state index in [4.69, 9.17) is 9.31 Å². The zero-order valence-electron chi connectivity index (χ0n) is 12.5. The largest absolute Gasteiger partial charge is 0.497 e. The number of halogens is 1. The van der Waals surface area contributed by atoms with Gasteiger partial charge in [0.1, 0.15) is 5.82 Å². The number of rotatable bonds is 1. The van der Waals surface area contributed by atoms with Crippen LogP contribution in [-0.4, -0.2) is 23.3 Å². The Hall–Kier alpha value is -1.66. The molecule has 1 fully saturated rings. The van der Waals surface area contributed by atoms with Gasteiger partial charge in [-0.1, -0.05) is 0 Å². The molecule has 110 valence electrons. The number of pyridine rings is 1. The van der Waals surface area contributed by atoms with E-state index in [0.29, 0.717) is 10.8 Å². The summed E-state index contributed by atoms with van der Waals surface area (Å²) >= 11 is 0. The molecule has 1 aliphatic rings. The monoisotopic (exact) mass is 289 g/mol. The van der Waals surface area contributed by atoms with Crippen LogP contribution in [0.4, 0.5) is 4.39 Å². The van der Waals surface area contributed by atoms with E-state index in [2.05, 4.69) is 4.98 Å². The average Bonchev–Trinajstić information content (AvgIpc) is 2.58. The molecule has 2 heterocycles. The highest BCUT2D eigenvalue weighted by atomic mass is 19.1. The maximum absolute atomic E-state index is 14.3. The van der Waals surface area contributed by atoms with Crippen LogP contribution in [0.1, 0.15) is 27.7 Å². The van der Waals surface area contributed by atoms with Gasteiger partial charge < -0.3 is 14.3 Å². The van der Waals surface area contributed by atoms with Gasteiger partial charge in [-0.15, -0.1) is 0 Å². The minimum atomic E-state index is -0.820. The molecule has 6 heteroatoms. The predicted octanol–water partition coefficient (Wildman–Crippen LogP) is 1.97. The van der Waals surface area contributed by atoms with E-state index in [1.54, 1.807) is 6.07 Å². The van der Waals surface area contributed by atoms with Crippen LogP contribution in [0.3, 0.4) is 0 Å². The first-order valence-corrected chi connectivity index (χ1v) is 6.88. The van der Waals surface area contributed by atoms with E-state index < -0.39 is 24.1 Å². The van der Waals surface area contributed by atoms with E-state index in [9.17, 15) is 9.18 Å². The van der Waals surface area contributed by atoms with Crippen molar-refractivity contribution in [2.75, 3.05) is 0 Å². The fraction of sp³-hybridized carbons (Fsp3) is 0.400. The summed E-state index contributed by atoms with van der Waals surface area (Å²) in [6.45, 7) is 7.61. The van der Waals surface area contributed by atoms with Crippen LogP contribution in [0.2, 0.25) is 0 Å². The van der Waals surface area contributed by atoms with Crippen molar-refractivity contribution in [2.24, 2.45) is 0 Å². The minimum absolute atomic E-state index is 0.248. The number of hydrogen-bond donors (Lipinski definition) is 1. The van der Waals surface area contributed by atoms with Gasteiger partial charge in [-0.3, -0.25) is 4.79 Å². The van der Waals surface area contributed by atoms with Gasteiger partial charge in [0, 0.05) is 17.0 Å². The van der Waals surface area contributed by atoms with Gasteiger partial charge >= 0.3 is 7.12 Å². The maximum atomic E-state index is 14.3. The first-order chi connectivity index (χ1) is 9.71. The second-order valence-corrected chi connectivity index (χ2v) is 6.36. The van der Waals surface area contributed by atoms with E-state index in [0.717, 1.165) is 0 Å². The van der Waals surface area contributed by atoms with E-state index in [1.165, 1.54) is 18.3 Å². The summed E-state index contributed by atoms with van der Waals surface area (Å²) in [5.41, 5.74) is -1.12. The average molecular weight is 289 g/mol. The lowest BCUT2D eigenvalue weighted by Crippen LogP contribution is -2.41. The second kappa shape index (κ2) is 4.42. The van der Waals surface area contributed by atoms with Gasteiger partial charge in [0.2, 0.25) is 0 Å². The molecule has 0 amide bonds. The summed E-state index contributed by atoms with van der Waals surface area (Å²) in [7, 11) is -0.820. The SMILES string of the molecule is CC1(C)OB(c2cc3c(=O)[nH]ccc3cc2F)OC1(C)C. The maximum Gasteiger partial charge on any atom is 0.497 e. The summed E-state index contributed by atoms with van der Waals surface area (Å²) in [6, 6.07) is 4.50. The van der Waals surface area contributed by atoms with Crippen LogP contribution >= 0.6 is 0 Å². The highest BCUT2D eigenvalue weighted by Gasteiger charge is 2.52. The molecule has 0 bridgehead atoms. The number of aromatic amines is 1. The molecule has 1 saturated heterocycles. The third-order valence-corrected chi connectivity index (χ3v) is 4.40. The first kappa shape index (κ1) is 14.3. The highest BCUT2D eigenvalue weighted by molar-refractivity contribution is 6.62. The zero-order valence-corrected chi connectivity index (χ0v) is 12.5. The fourth-order valence-corrected chi connectivity index (χ4v) is 2.38. The molecule has 1 aromatic heterocycles. The molecule has 0 aliphatic carbocycles. The number of H-pyrrole nitrogens is 1. The Bertz CT molecular complexity index is 753. The Kier molecular flexibility index (Phi) is 3.01. The topological polar surface area (TPSA) is 51.3 Å². The number of aromatic nitrogens is 1. The Morgan fingerprint density at radius 3 is 2.38 bits per heavy atom. The smallest absolute Gasteiger partial charge is 0.399 e.